The molecule has 1 aromatic heterocycles. The molecule has 3 aromatic rings. The second-order valence-electron chi connectivity index (χ2n) is 5.67. The van der Waals surface area contributed by atoms with Gasteiger partial charge in [0.2, 0.25) is 11.3 Å². The normalized spacial score (nSPS) is 12.7. The molecule has 0 aliphatic rings. The van der Waals surface area contributed by atoms with Gasteiger partial charge in [0.1, 0.15) is 22.8 Å². The van der Waals surface area contributed by atoms with Crippen LogP contribution in [0.5, 0.6) is 5.75 Å². The monoisotopic (exact) mass is 364 g/mol. The van der Waals surface area contributed by atoms with Crippen molar-refractivity contribution in [3.63, 3.8) is 0 Å². The van der Waals surface area contributed by atoms with Crippen LogP contribution in [0.3, 0.4) is 0 Å². The lowest BCUT2D eigenvalue weighted by atomic mass is 10.2. The largest absolute Gasteiger partial charge is 0.491 e. The Kier molecular flexibility index (Phi) is 5.07. The van der Waals surface area contributed by atoms with Crippen LogP contribution in [0.15, 0.2) is 36.4 Å². The molecule has 0 spiro atoms. The van der Waals surface area contributed by atoms with Crippen molar-refractivity contribution in [1.29, 1.82) is 0 Å². The van der Waals surface area contributed by atoms with Gasteiger partial charge in [-0.1, -0.05) is 11.3 Å². The Morgan fingerprint density at radius 3 is 2.80 bits per heavy atom. The van der Waals surface area contributed by atoms with Gasteiger partial charge >= 0.3 is 0 Å². The first-order valence-electron chi connectivity index (χ1n) is 7.59. The van der Waals surface area contributed by atoms with Crippen molar-refractivity contribution in [3.05, 3.63) is 47.8 Å². The van der Waals surface area contributed by atoms with E-state index < -0.39 is 17.1 Å². The molecular weight excluding hydrogens is 347 g/mol. The Hall–Kier alpha value is -2.36. The Morgan fingerprint density at radius 1 is 1.32 bits per heavy atom. The van der Waals surface area contributed by atoms with E-state index in [9.17, 15) is 8.60 Å². The highest BCUT2D eigenvalue weighted by molar-refractivity contribution is 7.77. The number of benzene rings is 2. The van der Waals surface area contributed by atoms with Gasteiger partial charge in [0, 0.05) is 12.6 Å². The molecule has 0 saturated heterocycles. The zero-order chi connectivity index (χ0) is 18.0. The minimum atomic E-state index is -2.14. The predicted octanol–water partition coefficient (Wildman–Crippen LogP) is 2.57. The standard InChI is InChI=1S/C16H17FN4O3S/c1-10(2)24-12-4-6-16-14(8-12)19-20-21(16)15-5-3-11(7-13(15)17)9-18-25(22)23/h3-8,10,18H,9H2,1-2H3,(H,22,23). The molecule has 1 unspecified atom stereocenters. The lowest BCUT2D eigenvalue weighted by Gasteiger charge is -2.09. The van der Waals surface area contributed by atoms with Gasteiger partial charge in [0.25, 0.3) is 0 Å². The van der Waals surface area contributed by atoms with Crippen molar-refractivity contribution in [2.75, 3.05) is 0 Å². The molecule has 0 aliphatic carbocycles. The van der Waals surface area contributed by atoms with Crippen LogP contribution in [0.25, 0.3) is 16.7 Å². The summed E-state index contributed by atoms with van der Waals surface area (Å²) >= 11 is -2.14. The third-order valence-corrected chi connectivity index (χ3v) is 3.82. The number of ether oxygens (including phenoxy) is 1. The molecule has 0 saturated carbocycles. The van der Waals surface area contributed by atoms with Crippen LogP contribution < -0.4 is 9.46 Å². The van der Waals surface area contributed by atoms with Crippen LogP contribution in [0.4, 0.5) is 4.39 Å². The van der Waals surface area contributed by atoms with E-state index in [2.05, 4.69) is 15.0 Å². The van der Waals surface area contributed by atoms with E-state index >= 15 is 0 Å². The maximum absolute atomic E-state index is 14.4. The average Bonchev–Trinajstić information content (AvgIpc) is 2.95. The fraction of sp³-hybridized carbons (Fsp3) is 0.250. The van der Waals surface area contributed by atoms with Crippen molar-refractivity contribution in [2.45, 2.75) is 26.5 Å². The van der Waals surface area contributed by atoms with Crippen LogP contribution in [0, 0.1) is 5.82 Å². The van der Waals surface area contributed by atoms with E-state index in [1.807, 2.05) is 13.8 Å². The van der Waals surface area contributed by atoms with Crippen LogP contribution in [-0.4, -0.2) is 29.9 Å². The van der Waals surface area contributed by atoms with Gasteiger partial charge < -0.3 is 4.74 Å². The smallest absolute Gasteiger partial charge is 0.232 e. The topological polar surface area (TPSA) is 89.3 Å². The number of nitrogens with one attached hydrogen (secondary N) is 1. The van der Waals surface area contributed by atoms with Gasteiger partial charge in [-0.25, -0.2) is 18.0 Å². The third kappa shape index (κ3) is 4.01. The average molecular weight is 364 g/mol. The van der Waals surface area contributed by atoms with Crippen molar-refractivity contribution in [2.24, 2.45) is 0 Å². The molecule has 0 fully saturated rings. The highest BCUT2D eigenvalue weighted by Gasteiger charge is 2.13. The lowest BCUT2D eigenvalue weighted by Crippen LogP contribution is -2.15. The molecule has 9 heteroatoms. The van der Waals surface area contributed by atoms with Gasteiger partial charge in [-0.05, 0) is 43.7 Å². The molecule has 0 bridgehead atoms. The summed E-state index contributed by atoms with van der Waals surface area (Å²) < 4.78 is 43.1. The molecule has 2 aromatic carbocycles. The molecule has 1 heterocycles. The maximum Gasteiger partial charge on any atom is 0.232 e. The van der Waals surface area contributed by atoms with Crippen LogP contribution in [-0.2, 0) is 17.8 Å². The second kappa shape index (κ2) is 7.26. The number of hydrogen-bond donors (Lipinski definition) is 2. The van der Waals surface area contributed by atoms with Crippen molar-refractivity contribution < 1.29 is 17.9 Å². The minimum absolute atomic E-state index is 0.0411. The maximum atomic E-state index is 14.4. The molecule has 3 rings (SSSR count). The van der Waals surface area contributed by atoms with Gasteiger partial charge in [-0.3, -0.25) is 4.55 Å². The first kappa shape index (κ1) is 17.5. The van der Waals surface area contributed by atoms with E-state index in [4.69, 9.17) is 9.29 Å². The zero-order valence-corrected chi connectivity index (χ0v) is 14.5. The molecule has 0 radical (unpaired) electrons. The third-order valence-electron chi connectivity index (χ3n) is 3.43. The number of rotatable bonds is 6. The number of halogens is 1. The van der Waals surface area contributed by atoms with Gasteiger partial charge in [-0.2, -0.15) is 0 Å². The summed E-state index contributed by atoms with van der Waals surface area (Å²) in [6.45, 7) is 3.94. The van der Waals surface area contributed by atoms with Crippen molar-refractivity contribution in [1.82, 2.24) is 19.7 Å². The molecule has 132 valence electrons. The van der Waals surface area contributed by atoms with Crippen LogP contribution in [0.2, 0.25) is 0 Å². The summed E-state index contributed by atoms with van der Waals surface area (Å²) in [5, 5.41) is 8.08. The Morgan fingerprint density at radius 2 is 2.12 bits per heavy atom. The number of fused-ring (bicyclic) bond motifs is 1. The molecule has 1 atom stereocenters. The quantitative estimate of drug-likeness (QED) is 0.656. The van der Waals surface area contributed by atoms with E-state index in [1.54, 1.807) is 30.3 Å². The summed E-state index contributed by atoms with van der Waals surface area (Å²) in [4.78, 5) is 0. The first-order valence-corrected chi connectivity index (χ1v) is 8.70. The molecule has 25 heavy (non-hydrogen) atoms. The van der Waals surface area contributed by atoms with Gasteiger partial charge in [0.15, 0.2) is 0 Å². The molecule has 0 amide bonds. The summed E-state index contributed by atoms with van der Waals surface area (Å²) in [5.74, 6) is 0.172. The van der Waals surface area contributed by atoms with E-state index in [0.29, 0.717) is 22.3 Å². The van der Waals surface area contributed by atoms with Gasteiger partial charge in [-0.15, -0.1) is 5.10 Å². The van der Waals surface area contributed by atoms with Crippen LogP contribution >= 0.6 is 0 Å². The summed E-state index contributed by atoms with van der Waals surface area (Å²) in [6, 6.07) is 9.82. The minimum Gasteiger partial charge on any atom is -0.491 e. The van der Waals surface area contributed by atoms with Gasteiger partial charge in [0.05, 0.1) is 11.6 Å². The number of nitrogens with zero attached hydrogens (tertiary/aromatic N) is 3. The SMILES string of the molecule is CC(C)Oc1ccc2c(c1)nnn2-c1ccc(CNS(=O)O)cc1F. The van der Waals surface area contributed by atoms with Crippen LogP contribution in [0.1, 0.15) is 19.4 Å². The highest BCUT2D eigenvalue weighted by atomic mass is 32.2. The lowest BCUT2D eigenvalue weighted by molar-refractivity contribution is 0.242. The summed E-state index contributed by atoms with van der Waals surface area (Å²) in [6.07, 6.45) is 0.0411. The Labute approximate surface area is 146 Å². The number of aromatic nitrogens is 3. The zero-order valence-electron chi connectivity index (χ0n) is 13.6. The van der Waals surface area contributed by atoms with E-state index in [0.717, 1.165) is 0 Å². The molecular formula is C16H17FN4O3S. The highest BCUT2D eigenvalue weighted by Crippen LogP contribution is 2.23. The van der Waals surface area contributed by atoms with Crippen molar-refractivity contribution in [3.8, 4) is 11.4 Å². The van der Waals surface area contributed by atoms with E-state index in [1.165, 1.54) is 10.7 Å². The fourth-order valence-corrected chi connectivity index (χ4v) is 2.69. The predicted molar refractivity (Wildman–Crippen MR) is 92.2 cm³/mol. The molecule has 0 aliphatic heterocycles. The first-order chi connectivity index (χ1) is 11.9. The summed E-state index contributed by atoms with van der Waals surface area (Å²) in [5.41, 5.74) is 2.03. The number of hydrogen-bond acceptors (Lipinski definition) is 4. The Bertz CT molecular complexity index is 929. The fourth-order valence-electron chi connectivity index (χ4n) is 2.40. The van der Waals surface area contributed by atoms with E-state index in [-0.39, 0.29) is 18.3 Å². The summed E-state index contributed by atoms with van der Waals surface area (Å²) in [7, 11) is 0. The van der Waals surface area contributed by atoms with Crippen molar-refractivity contribution >= 4 is 22.3 Å². The molecule has 2 N–H and O–H groups in total. The Balaban J connectivity index is 1.92. The second-order valence-corrected chi connectivity index (χ2v) is 6.46. The molecule has 7 nitrogen and oxygen atoms in total.